The van der Waals surface area contributed by atoms with Crippen molar-refractivity contribution in [2.75, 3.05) is 13.1 Å². The van der Waals surface area contributed by atoms with Crippen LogP contribution in [0.4, 0.5) is 8.78 Å². The Kier molecular flexibility index (Phi) is 3.89. The number of amides is 1. The van der Waals surface area contributed by atoms with Gasteiger partial charge in [0.2, 0.25) is 5.82 Å². The molecule has 0 aromatic carbocycles. The monoisotopic (exact) mass is 350 g/mol. The Bertz CT molecular complexity index is 748. The smallest absolute Gasteiger partial charge is 0.383 e. The van der Waals surface area contributed by atoms with Crippen LogP contribution < -0.4 is 5.73 Å². The Balaban J connectivity index is 1.84. The minimum absolute atomic E-state index is 0.103. The van der Waals surface area contributed by atoms with E-state index < -0.39 is 28.5 Å². The second-order valence-electron chi connectivity index (χ2n) is 7.48. The lowest BCUT2D eigenvalue weighted by atomic mass is 9.65. The van der Waals surface area contributed by atoms with Gasteiger partial charge in [-0.2, -0.15) is 8.78 Å². The maximum Gasteiger partial charge on any atom is 0.383 e. The second kappa shape index (κ2) is 5.57. The number of carbonyl (C=O) groups is 2. The van der Waals surface area contributed by atoms with Crippen LogP contribution in [0.3, 0.4) is 0 Å². The highest BCUT2D eigenvalue weighted by Gasteiger charge is 2.53. The van der Waals surface area contributed by atoms with E-state index in [4.69, 9.17) is 5.73 Å². The van der Waals surface area contributed by atoms with E-state index >= 15 is 0 Å². The van der Waals surface area contributed by atoms with E-state index in [0.717, 1.165) is 4.90 Å². The summed E-state index contributed by atoms with van der Waals surface area (Å²) < 4.78 is 28.9. The van der Waals surface area contributed by atoms with Crippen LogP contribution in [0.1, 0.15) is 32.5 Å². The highest BCUT2D eigenvalue weighted by Crippen LogP contribution is 2.47. The molecule has 1 aromatic heterocycles. The number of nitrogens with zero attached hydrogens (tertiary/aromatic N) is 3. The molecule has 0 bridgehead atoms. The molecule has 1 spiro atoms. The van der Waals surface area contributed by atoms with Gasteiger partial charge in [-0.25, -0.2) is 9.97 Å². The quantitative estimate of drug-likeness (QED) is 0.876. The van der Waals surface area contributed by atoms with Crippen LogP contribution in [0.5, 0.6) is 0 Å². The maximum absolute atomic E-state index is 14.4. The number of carbonyl (C=O) groups excluding carboxylic acids is 2. The highest BCUT2D eigenvalue weighted by atomic mass is 19.3. The van der Waals surface area contributed by atoms with Gasteiger partial charge < -0.3 is 10.6 Å². The molecule has 1 amide bonds. The Morgan fingerprint density at radius 2 is 1.96 bits per heavy atom. The third-order valence-electron chi connectivity index (χ3n) is 4.92. The number of ketones is 1. The van der Waals surface area contributed by atoms with Crippen LogP contribution >= 0.6 is 0 Å². The Hall–Kier alpha value is -2.38. The molecule has 134 valence electrons. The second-order valence-corrected chi connectivity index (χ2v) is 7.48. The van der Waals surface area contributed by atoms with Gasteiger partial charge in [0.15, 0.2) is 5.78 Å². The maximum atomic E-state index is 14.4. The Labute approximate surface area is 144 Å². The molecule has 2 heterocycles. The largest absolute Gasteiger partial charge is 0.396 e. The fraction of sp³-hybridized carbons (Fsp3) is 0.529. The average Bonchev–Trinajstić information content (AvgIpc) is 2.95. The Morgan fingerprint density at radius 1 is 1.32 bits per heavy atom. The average molecular weight is 350 g/mol. The number of likely N-dealkylation sites (tertiary alicyclic amines) is 1. The van der Waals surface area contributed by atoms with Gasteiger partial charge in [0, 0.05) is 36.3 Å². The molecule has 1 aliphatic heterocycles. The van der Waals surface area contributed by atoms with Crippen molar-refractivity contribution in [1.82, 2.24) is 14.9 Å². The van der Waals surface area contributed by atoms with E-state index in [9.17, 15) is 18.4 Å². The third-order valence-corrected chi connectivity index (χ3v) is 4.92. The van der Waals surface area contributed by atoms with Gasteiger partial charge in [-0.05, 0) is 25.0 Å². The summed E-state index contributed by atoms with van der Waals surface area (Å²) in [5.74, 6) is -6.07. The van der Waals surface area contributed by atoms with Crippen molar-refractivity contribution >= 4 is 11.7 Å². The van der Waals surface area contributed by atoms with E-state index in [1.165, 1.54) is 18.5 Å². The summed E-state index contributed by atoms with van der Waals surface area (Å²) in [7, 11) is 0. The number of hydrogen-bond acceptors (Lipinski definition) is 5. The summed E-state index contributed by atoms with van der Waals surface area (Å²) in [6, 6.07) is 1.41. The molecule has 2 N–H and O–H groups in total. The first-order valence-electron chi connectivity index (χ1n) is 8.05. The van der Waals surface area contributed by atoms with Crippen molar-refractivity contribution in [3.8, 4) is 0 Å². The molecule has 3 rings (SSSR count). The summed E-state index contributed by atoms with van der Waals surface area (Å²) in [6.45, 7) is 3.85. The minimum atomic E-state index is -3.79. The summed E-state index contributed by atoms with van der Waals surface area (Å²) in [6.07, 6.45) is 4.95. The zero-order chi connectivity index (χ0) is 18.5. The van der Waals surface area contributed by atoms with E-state index in [0.29, 0.717) is 12.8 Å². The number of hydrogen-bond donors (Lipinski definition) is 1. The molecule has 1 atom stereocenters. The van der Waals surface area contributed by atoms with Crippen LogP contribution in [0.2, 0.25) is 0 Å². The standard InChI is InChI=1S/C17H20F2N4O2/c1-15(2)9-16(8-11(20)12(15)24)4-7-23(10-16)14(25)17(18,19)13-21-5-3-6-22-13/h3,5-6,8H,4,7,9-10,20H2,1-2H3/t16-/m1/s1. The molecule has 1 fully saturated rings. The van der Waals surface area contributed by atoms with Gasteiger partial charge in [-0.1, -0.05) is 13.8 Å². The molecule has 6 nitrogen and oxygen atoms in total. The predicted molar refractivity (Wildman–Crippen MR) is 85.2 cm³/mol. The number of rotatable bonds is 2. The molecule has 8 heteroatoms. The fourth-order valence-corrected chi connectivity index (χ4v) is 3.88. The normalized spacial score (nSPS) is 26.0. The summed E-state index contributed by atoms with van der Waals surface area (Å²) in [4.78, 5) is 32.6. The number of halogens is 2. The van der Waals surface area contributed by atoms with Crippen LogP contribution in [0.15, 0.2) is 30.2 Å². The van der Waals surface area contributed by atoms with Crippen molar-refractivity contribution in [2.45, 2.75) is 32.6 Å². The molecule has 1 aromatic rings. The third kappa shape index (κ3) is 2.89. The van der Waals surface area contributed by atoms with Gasteiger partial charge in [-0.3, -0.25) is 9.59 Å². The lowest BCUT2D eigenvalue weighted by Gasteiger charge is -2.39. The van der Waals surface area contributed by atoms with Gasteiger partial charge >= 0.3 is 11.8 Å². The summed E-state index contributed by atoms with van der Waals surface area (Å²) in [5, 5.41) is 0. The van der Waals surface area contributed by atoms with Crippen molar-refractivity contribution in [3.63, 3.8) is 0 Å². The van der Waals surface area contributed by atoms with E-state index in [1.54, 1.807) is 19.9 Å². The molecule has 0 unspecified atom stereocenters. The molecule has 0 radical (unpaired) electrons. The fourth-order valence-electron chi connectivity index (χ4n) is 3.88. The van der Waals surface area contributed by atoms with Crippen LogP contribution in [0.25, 0.3) is 0 Å². The molecule has 2 aliphatic rings. The Morgan fingerprint density at radius 3 is 2.56 bits per heavy atom. The number of nitrogens with two attached hydrogens (primary N) is 1. The van der Waals surface area contributed by atoms with Gasteiger partial charge in [0.1, 0.15) is 0 Å². The number of alkyl halides is 2. The summed E-state index contributed by atoms with van der Waals surface area (Å²) in [5.41, 5.74) is 4.76. The molecule has 0 saturated carbocycles. The molecule has 25 heavy (non-hydrogen) atoms. The number of Topliss-reactive ketones (excluding diaryl/α,β-unsaturated/α-hetero) is 1. The minimum Gasteiger partial charge on any atom is -0.396 e. The lowest BCUT2D eigenvalue weighted by molar-refractivity contribution is -0.159. The molecular weight excluding hydrogens is 330 g/mol. The first-order valence-corrected chi connectivity index (χ1v) is 8.05. The zero-order valence-corrected chi connectivity index (χ0v) is 14.1. The van der Waals surface area contributed by atoms with Crippen molar-refractivity contribution < 1.29 is 18.4 Å². The highest BCUT2D eigenvalue weighted by molar-refractivity contribution is 5.99. The predicted octanol–water partition coefficient (Wildman–Crippen LogP) is 1.63. The van der Waals surface area contributed by atoms with Gasteiger partial charge in [0.05, 0.1) is 5.70 Å². The van der Waals surface area contributed by atoms with Crippen LogP contribution in [0, 0.1) is 10.8 Å². The van der Waals surface area contributed by atoms with E-state index in [1.807, 2.05) is 0 Å². The summed E-state index contributed by atoms with van der Waals surface area (Å²) >= 11 is 0. The molecule has 1 saturated heterocycles. The van der Waals surface area contributed by atoms with Gasteiger partial charge in [-0.15, -0.1) is 0 Å². The van der Waals surface area contributed by atoms with Crippen molar-refractivity contribution in [2.24, 2.45) is 16.6 Å². The zero-order valence-electron chi connectivity index (χ0n) is 14.1. The molecular formula is C17H20F2N4O2. The number of allylic oxidation sites excluding steroid dienone is 1. The first kappa shape index (κ1) is 17.4. The SMILES string of the molecule is CC1(C)C[C@]2(C=C(N)C1=O)CCN(C(=O)C(F)(F)c1ncccn1)C2. The van der Waals surface area contributed by atoms with E-state index in [2.05, 4.69) is 9.97 Å². The topological polar surface area (TPSA) is 89.2 Å². The van der Waals surface area contributed by atoms with Crippen LogP contribution in [-0.4, -0.2) is 39.6 Å². The lowest BCUT2D eigenvalue weighted by Crippen LogP contribution is -2.45. The van der Waals surface area contributed by atoms with Crippen molar-refractivity contribution in [1.29, 1.82) is 0 Å². The van der Waals surface area contributed by atoms with Crippen molar-refractivity contribution in [3.05, 3.63) is 36.1 Å². The first-order chi connectivity index (χ1) is 11.6. The van der Waals surface area contributed by atoms with Gasteiger partial charge in [0.25, 0.3) is 0 Å². The van der Waals surface area contributed by atoms with E-state index in [-0.39, 0.29) is 24.6 Å². The molecule has 1 aliphatic carbocycles. The number of aromatic nitrogens is 2. The van der Waals surface area contributed by atoms with Crippen LogP contribution in [-0.2, 0) is 15.5 Å².